The van der Waals surface area contributed by atoms with Gasteiger partial charge in [-0.1, -0.05) is 26.8 Å². The second-order valence-corrected chi connectivity index (χ2v) is 4.45. The van der Waals surface area contributed by atoms with E-state index in [0.29, 0.717) is 0 Å². The van der Waals surface area contributed by atoms with Gasteiger partial charge in [-0.2, -0.15) is 0 Å². The van der Waals surface area contributed by atoms with Crippen molar-refractivity contribution in [1.29, 1.82) is 0 Å². The van der Waals surface area contributed by atoms with Crippen LogP contribution in [0, 0.1) is 5.92 Å². The molecule has 1 N–H and O–H groups in total. The average Bonchev–Trinajstić information content (AvgIpc) is 1.84. The van der Waals surface area contributed by atoms with E-state index in [9.17, 15) is 5.11 Å². The summed E-state index contributed by atoms with van der Waals surface area (Å²) in [6, 6.07) is 0. The van der Waals surface area contributed by atoms with Crippen molar-refractivity contribution in [2.24, 2.45) is 5.92 Å². The normalized spacial score (nSPS) is 12.2. The molecule has 12 heavy (non-hydrogen) atoms. The Labute approximate surface area is 76.5 Å². The topological polar surface area (TPSA) is 20.2 Å². The van der Waals surface area contributed by atoms with Gasteiger partial charge in [-0.25, -0.2) is 0 Å². The van der Waals surface area contributed by atoms with Crippen LogP contribution in [0.15, 0.2) is 12.2 Å². The molecule has 0 bridgehead atoms. The third kappa shape index (κ3) is 5.36. The fourth-order valence-electron chi connectivity index (χ4n) is 1.03. The molecule has 1 nitrogen and oxygen atoms in total. The van der Waals surface area contributed by atoms with Crippen LogP contribution in [-0.2, 0) is 0 Å². The Hall–Kier alpha value is -0.300. The summed E-state index contributed by atoms with van der Waals surface area (Å²) < 4.78 is 0. The summed E-state index contributed by atoms with van der Waals surface area (Å²) in [6.45, 7) is 11.9. The lowest BCUT2D eigenvalue weighted by molar-refractivity contribution is 0.116. The third-order valence-electron chi connectivity index (χ3n) is 2.13. The summed E-state index contributed by atoms with van der Waals surface area (Å²) in [5.74, 6) is 0.750. The largest absolute Gasteiger partial charge is 0.386 e. The highest BCUT2D eigenvalue weighted by Gasteiger charge is 2.16. The molecule has 0 radical (unpaired) electrons. The Morgan fingerprint density at radius 2 is 1.92 bits per heavy atom. The highest BCUT2D eigenvalue weighted by Crippen LogP contribution is 2.20. The summed E-state index contributed by atoms with van der Waals surface area (Å²) in [5, 5.41) is 9.55. The fourth-order valence-corrected chi connectivity index (χ4v) is 1.03. The molecule has 0 saturated heterocycles. The zero-order valence-electron chi connectivity index (χ0n) is 8.85. The lowest BCUT2D eigenvalue weighted by Crippen LogP contribution is -2.21. The molecule has 0 atom stereocenters. The van der Waals surface area contributed by atoms with Gasteiger partial charge in [-0.3, -0.25) is 0 Å². The summed E-state index contributed by atoms with van der Waals surface area (Å²) in [5.41, 5.74) is 0.250. The lowest BCUT2D eigenvalue weighted by atomic mass is 9.93. The zero-order valence-corrected chi connectivity index (χ0v) is 8.85. The van der Waals surface area contributed by atoms with Gasteiger partial charge in [0.25, 0.3) is 0 Å². The van der Waals surface area contributed by atoms with Gasteiger partial charge in [0.2, 0.25) is 0 Å². The predicted molar refractivity (Wildman–Crippen MR) is 54.1 cm³/mol. The molecule has 0 aromatic carbocycles. The minimum Gasteiger partial charge on any atom is -0.386 e. The highest BCUT2D eigenvalue weighted by atomic mass is 16.3. The van der Waals surface area contributed by atoms with Gasteiger partial charge in [0.1, 0.15) is 0 Å². The molecular weight excluding hydrogens is 148 g/mol. The second-order valence-electron chi connectivity index (χ2n) is 4.45. The van der Waals surface area contributed by atoms with Crippen LogP contribution in [0.5, 0.6) is 0 Å². The standard InChI is InChI=1S/C11H22O/c1-9(2)7-6-8-10(3)11(4,5)12/h9,12H,3,6-8H2,1-2,4-5H3. The Kier molecular flexibility index (Phi) is 4.54. The van der Waals surface area contributed by atoms with E-state index in [1.807, 2.05) is 0 Å². The summed E-state index contributed by atoms with van der Waals surface area (Å²) in [7, 11) is 0. The molecule has 0 spiro atoms. The van der Waals surface area contributed by atoms with Gasteiger partial charge in [0.15, 0.2) is 0 Å². The quantitative estimate of drug-likeness (QED) is 0.628. The molecular formula is C11H22O. The van der Waals surface area contributed by atoms with Crippen LogP contribution in [0.4, 0.5) is 0 Å². The first kappa shape index (κ1) is 11.7. The van der Waals surface area contributed by atoms with Crippen molar-refractivity contribution in [3.8, 4) is 0 Å². The zero-order chi connectivity index (χ0) is 9.78. The van der Waals surface area contributed by atoms with Crippen molar-refractivity contribution in [3.05, 3.63) is 12.2 Å². The van der Waals surface area contributed by atoms with E-state index in [0.717, 1.165) is 24.3 Å². The van der Waals surface area contributed by atoms with Crippen LogP contribution in [0.1, 0.15) is 47.0 Å². The molecule has 0 aromatic rings. The maximum atomic E-state index is 9.55. The predicted octanol–water partition coefficient (Wildman–Crippen LogP) is 3.14. The van der Waals surface area contributed by atoms with Crippen molar-refractivity contribution in [2.75, 3.05) is 0 Å². The van der Waals surface area contributed by atoms with E-state index in [2.05, 4.69) is 20.4 Å². The molecule has 72 valence electrons. The first-order valence-electron chi connectivity index (χ1n) is 4.74. The van der Waals surface area contributed by atoms with E-state index in [1.54, 1.807) is 13.8 Å². The van der Waals surface area contributed by atoms with Gasteiger partial charge in [0.05, 0.1) is 5.60 Å². The fraction of sp³-hybridized carbons (Fsp3) is 0.818. The van der Waals surface area contributed by atoms with Crippen LogP contribution >= 0.6 is 0 Å². The maximum absolute atomic E-state index is 9.55. The van der Waals surface area contributed by atoms with Crippen molar-refractivity contribution in [1.82, 2.24) is 0 Å². The molecule has 0 fully saturated rings. The summed E-state index contributed by atoms with van der Waals surface area (Å²) >= 11 is 0. The lowest BCUT2D eigenvalue weighted by Gasteiger charge is -2.20. The van der Waals surface area contributed by atoms with Crippen molar-refractivity contribution in [3.63, 3.8) is 0 Å². The van der Waals surface area contributed by atoms with Crippen LogP contribution in [-0.4, -0.2) is 10.7 Å². The van der Waals surface area contributed by atoms with Crippen LogP contribution in [0.3, 0.4) is 0 Å². The van der Waals surface area contributed by atoms with Crippen molar-refractivity contribution >= 4 is 0 Å². The molecule has 0 unspecified atom stereocenters. The van der Waals surface area contributed by atoms with Crippen LogP contribution < -0.4 is 0 Å². The summed E-state index contributed by atoms with van der Waals surface area (Å²) in [6.07, 6.45) is 3.30. The first-order valence-corrected chi connectivity index (χ1v) is 4.74. The van der Waals surface area contributed by atoms with Gasteiger partial charge in [0, 0.05) is 0 Å². The van der Waals surface area contributed by atoms with Gasteiger partial charge in [-0.05, 0) is 38.2 Å². The number of aliphatic hydroxyl groups is 1. The Morgan fingerprint density at radius 1 is 1.42 bits per heavy atom. The molecule has 0 heterocycles. The number of hydrogen-bond donors (Lipinski definition) is 1. The van der Waals surface area contributed by atoms with Gasteiger partial charge in [-0.15, -0.1) is 0 Å². The number of hydrogen-bond acceptors (Lipinski definition) is 1. The molecule has 0 aliphatic heterocycles. The smallest absolute Gasteiger partial charge is 0.0798 e. The Morgan fingerprint density at radius 3 is 2.25 bits per heavy atom. The molecule has 1 heteroatoms. The molecule has 0 rings (SSSR count). The molecule has 0 aliphatic rings. The molecule has 0 aliphatic carbocycles. The Bertz CT molecular complexity index is 140. The minimum absolute atomic E-state index is 0.697. The molecule has 0 amide bonds. The highest BCUT2D eigenvalue weighted by molar-refractivity contribution is 5.07. The van der Waals surface area contributed by atoms with Crippen molar-refractivity contribution in [2.45, 2.75) is 52.6 Å². The SMILES string of the molecule is C=C(CCCC(C)C)C(C)(C)O. The summed E-state index contributed by atoms with van der Waals surface area (Å²) in [4.78, 5) is 0. The van der Waals surface area contributed by atoms with E-state index in [-0.39, 0.29) is 0 Å². The molecule has 0 aromatic heterocycles. The number of rotatable bonds is 5. The monoisotopic (exact) mass is 170 g/mol. The van der Waals surface area contributed by atoms with Crippen LogP contribution in [0.2, 0.25) is 0 Å². The van der Waals surface area contributed by atoms with Crippen LogP contribution in [0.25, 0.3) is 0 Å². The van der Waals surface area contributed by atoms with E-state index in [4.69, 9.17) is 0 Å². The van der Waals surface area contributed by atoms with Gasteiger partial charge >= 0.3 is 0 Å². The first-order chi connectivity index (χ1) is 5.34. The second kappa shape index (κ2) is 4.66. The van der Waals surface area contributed by atoms with Gasteiger partial charge < -0.3 is 5.11 Å². The van der Waals surface area contributed by atoms with Crippen molar-refractivity contribution < 1.29 is 5.11 Å². The van der Waals surface area contributed by atoms with E-state index >= 15 is 0 Å². The average molecular weight is 170 g/mol. The third-order valence-corrected chi connectivity index (χ3v) is 2.13. The minimum atomic E-state index is -0.697. The molecule has 0 saturated carbocycles. The maximum Gasteiger partial charge on any atom is 0.0798 e. The van der Waals surface area contributed by atoms with E-state index < -0.39 is 5.60 Å². The van der Waals surface area contributed by atoms with E-state index in [1.165, 1.54) is 6.42 Å². The Balaban J connectivity index is 3.59.